The molecule has 0 unspecified atom stereocenters. The fourth-order valence-electron chi connectivity index (χ4n) is 3.35. The van der Waals surface area contributed by atoms with Crippen LogP contribution in [-0.4, -0.2) is 26.9 Å². The highest BCUT2D eigenvalue weighted by Crippen LogP contribution is 2.28. The Morgan fingerprint density at radius 2 is 1.76 bits per heavy atom. The van der Waals surface area contributed by atoms with Gasteiger partial charge in [-0.05, 0) is 53.6 Å². The standard InChI is InChI=1S/C20H20N2O2S/c1-22-12-11-16-7-4-8-20(19(16)14-22)21-25(23,24)18-10-9-15-5-2-3-6-17(15)13-18/h2-10,13,21H,11-12,14H2,1H3. The SMILES string of the molecule is CN1CCc2cccc(NS(=O)(=O)c3ccc4ccccc4c3)c2C1. The monoisotopic (exact) mass is 352 g/mol. The van der Waals surface area contributed by atoms with E-state index in [1.165, 1.54) is 5.56 Å². The predicted octanol–water partition coefficient (Wildman–Crippen LogP) is 3.63. The minimum atomic E-state index is -3.62. The Hall–Kier alpha value is -2.37. The van der Waals surface area contributed by atoms with Crippen molar-refractivity contribution in [2.75, 3.05) is 18.3 Å². The van der Waals surface area contributed by atoms with Crippen molar-refractivity contribution in [3.05, 3.63) is 71.8 Å². The molecule has 0 saturated carbocycles. The van der Waals surface area contributed by atoms with Crippen LogP contribution in [0.15, 0.2) is 65.6 Å². The number of nitrogens with zero attached hydrogens (tertiary/aromatic N) is 1. The van der Waals surface area contributed by atoms with Gasteiger partial charge in [-0.3, -0.25) is 4.72 Å². The van der Waals surface area contributed by atoms with Crippen molar-refractivity contribution >= 4 is 26.5 Å². The van der Waals surface area contributed by atoms with Crippen molar-refractivity contribution in [3.8, 4) is 0 Å². The third kappa shape index (κ3) is 3.13. The fourth-order valence-corrected chi connectivity index (χ4v) is 4.48. The minimum Gasteiger partial charge on any atom is -0.302 e. The van der Waals surface area contributed by atoms with Crippen LogP contribution in [0.25, 0.3) is 10.8 Å². The Bertz CT molecular complexity index is 1040. The van der Waals surface area contributed by atoms with E-state index >= 15 is 0 Å². The summed E-state index contributed by atoms with van der Waals surface area (Å²) in [6.07, 6.45) is 0.942. The van der Waals surface area contributed by atoms with Gasteiger partial charge < -0.3 is 4.90 Å². The number of hydrogen-bond donors (Lipinski definition) is 1. The zero-order chi connectivity index (χ0) is 17.4. The zero-order valence-corrected chi connectivity index (χ0v) is 14.9. The van der Waals surface area contributed by atoms with Gasteiger partial charge in [0.25, 0.3) is 10.0 Å². The molecule has 0 bridgehead atoms. The molecule has 3 aromatic rings. The molecule has 5 heteroatoms. The van der Waals surface area contributed by atoms with Crippen LogP contribution in [0.2, 0.25) is 0 Å². The van der Waals surface area contributed by atoms with Gasteiger partial charge in [-0.25, -0.2) is 8.42 Å². The van der Waals surface area contributed by atoms with Gasteiger partial charge in [0, 0.05) is 13.1 Å². The van der Waals surface area contributed by atoms with Crippen LogP contribution in [0.4, 0.5) is 5.69 Å². The quantitative estimate of drug-likeness (QED) is 0.783. The predicted molar refractivity (Wildman–Crippen MR) is 101 cm³/mol. The van der Waals surface area contributed by atoms with E-state index in [2.05, 4.69) is 22.7 Å². The van der Waals surface area contributed by atoms with Crippen molar-refractivity contribution in [2.45, 2.75) is 17.9 Å². The van der Waals surface area contributed by atoms with Crippen molar-refractivity contribution in [2.24, 2.45) is 0 Å². The first-order chi connectivity index (χ1) is 12.0. The fraction of sp³-hybridized carbons (Fsp3) is 0.200. The molecule has 0 saturated heterocycles. The van der Waals surface area contributed by atoms with Crippen LogP contribution in [0.3, 0.4) is 0 Å². The van der Waals surface area contributed by atoms with Crippen LogP contribution in [0, 0.1) is 0 Å². The highest BCUT2D eigenvalue weighted by Gasteiger charge is 2.20. The van der Waals surface area contributed by atoms with Crippen molar-refractivity contribution in [3.63, 3.8) is 0 Å². The molecule has 3 aromatic carbocycles. The van der Waals surface area contributed by atoms with Crippen LogP contribution >= 0.6 is 0 Å². The van der Waals surface area contributed by atoms with Gasteiger partial charge in [0.05, 0.1) is 10.6 Å². The van der Waals surface area contributed by atoms with E-state index < -0.39 is 10.0 Å². The first-order valence-electron chi connectivity index (χ1n) is 8.34. The molecule has 1 aliphatic heterocycles. The van der Waals surface area contributed by atoms with Crippen molar-refractivity contribution < 1.29 is 8.42 Å². The number of nitrogens with one attached hydrogen (secondary N) is 1. The van der Waals surface area contributed by atoms with Gasteiger partial charge >= 0.3 is 0 Å². The first-order valence-corrected chi connectivity index (χ1v) is 9.82. The van der Waals surface area contributed by atoms with E-state index in [4.69, 9.17) is 0 Å². The summed E-state index contributed by atoms with van der Waals surface area (Å²) < 4.78 is 28.6. The molecule has 4 nitrogen and oxygen atoms in total. The summed E-state index contributed by atoms with van der Waals surface area (Å²) >= 11 is 0. The maximum absolute atomic E-state index is 12.9. The highest BCUT2D eigenvalue weighted by molar-refractivity contribution is 7.92. The topological polar surface area (TPSA) is 49.4 Å². The maximum Gasteiger partial charge on any atom is 0.261 e. The van der Waals surface area contributed by atoms with Gasteiger partial charge in [-0.2, -0.15) is 0 Å². The summed E-state index contributed by atoms with van der Waals surface area (Å²) in [5, 5.41) is 1.94. The first kappa shape index (κ1) is 16.1. The molecular weight excluding hydrogens is 332 g/mol. The maximum atomic E-state index is 12.9. The number of rotatable bonds is 3. The van der Waals surface area contributed by atoms with Crippen molar-refractivity contribution in [1.82, 2.24) is 4.90 Å². The molecule has 0 aromatic heterocycles. The number of likely N-dealkylation sites (N-methyl/N-ethyl adjacent to an activating group) is 1. The highest BCUT2D eigenvalue weighted by atomic mass is 32.2. The van der Waals surface area contributed by atoms with E-state index in [0.717, 1.165) is 35.8 Å². The van der Waals surface area contributed by atoms with Crippen LogP contribution in [0.1, 0.15) is 11.1 Å². The lowest BCUT2D eigenvalue weighted by molar-refractivity contribution is 0.313. The normalized spacial score (nSPS) is 15.1. The molecule has 128 valence electrons. The second-order valence-electron chi connectivity index (χ2n) is 6.55. The Labute approximate surface area is 148 Å². The summed E-state index contributed by atoms with van der Waals surface area (Å²) in [7, 11) is -1.57. The summed E-state index contributed by atoms with van der Waals surface area (Å²) in [6.45, 7) is 1.75. The zero-order valence-electron chi connectivity index (χ0n) is 14.1. The molecule has 0 amide bonds. The molecule has 0 aliphatic carbocycles. The van der Waals surface area contributed by atoms with Crippen LogP contribution < -0.4 is 4.72 Å². The molecule has 0 spiro atoms. The largest absolute Gasteiger partial charge is 0.302 e. The van der Waals surface area contributed by atoms with E-state index in [9.17, 15) is 8.42 Å². The molecule has 0 radical (unpaired) electrons. The van der Waals surface area contributed by atoms with Crippen molar-refractivity contribution in [1.29, 1.82) is 0 Å². The number of anilines is 1. The Morgan fingerprint density at radius 3 is 2.60 bits per heavy atom. The van der Waals surface area contributed by atoms with Gasteiger partial charge in [-0.15, -0.1) is 0 Å². The second-order valence-corrected chi connectivity index (χ2v) is 8.23. The molecule has 1 heterocycles. The summed E-state index contributed by atoms with van der Waals surface area (Å²) in [4.78, 5) is 2.49. The summed E-state index contributed by atoms with van der Waals surface area (Å²) in [6, 6.07) is 18.8. The average molecular weight is 352 g/mol. The lowest BCUT2D eigenvalue weighted by atomic mass is 9.99. The van der Waals surface area contributed by atoms with Gasteiger partial charge in [0.1, 0.15) is 0 Å². The van der Waals surface area contributed by atoms with E-state index in [1.807, 2.05) is 42.5 Å². The van der Waals surface area contributed by atoms with Gasteiger partial charge in [0.2, 0.25) is 0 Å². The summed E-state index contributed by atoms with van der Waals surface area (Å²) in [5.74, 6) is 0. The number of benzene rings is 3. The van der Waals surface area contributed by atoms with Crippen LogP contribution in [-0.2, 0) is 23.0 Å². The third-order valence-electron chi connectivity index (χ3n) is 4.74. The Kier molecular flexibility index (Phi) is 3.98. The number of hydrogen-bond acceptors (Lipinski definition) is 3. The lowest BCUT2D eigenvalue weighted by Gasteiger charge is -2.27. The Balaban J connectivity index is 1.72. The Morgan fingerprint density at radius 1 is 0.960 bits per heavy atom. The van der Waals surface area contributed by atoms with E-state index in [0.29, 0.717) is 5.69 Å². The van der Waals surface area contributed by atoms with Crippen LogP contribution in [0.5, 0.6) is 0 Å². The summed E-state index contributed by atoms with van der Waals surface area (Å²) in [5.41, 5.74) is 2.97. The van der Waals surface area contributed by atoms with E-state index in [1.54, 1.807) is 12.1 Å². The molecule has 1 N–H and O–H groups in total. The van der Waals surface area contributed by atoms with E-state index in [-0.39, 0.29) is 4.90 Å². The third-order valence-corrected chi connectivity index (χ3v) is 6.10. The molecule has 25 heavy (non-hydrogen) atoms. The molecule has 0 atom stereocenters. The lowest BCUT2D eigenvalue weighted by Crippen LogP contribution is -2.28. The molecule has 1 aliphatic rings. The second kappa shape index (κ2) is 6.17. The number of sulfonamides is 1. The minimum absolute atomic E-state index is 0.285. The molecule has 0 fully saturated rings. The molecule has 4 rings (SSSR count). The smallest absolute Gasteiger partial charge is 0.261 e. The van der Waals surface area contributed by atoms with Gasteiger partial charge in [-0.1, -0.05) is 42.5 Å². The molecular formula is C20H20N2O2S. The average Bonchev–Trinajstić information content (AvgIpc) is 2.61. The van der Waals surface area contributed by atoms with Gasteiger partial charge in [0.15, 0.2) is 0 Å². The number of fused-ring (bicyclic) bond motifs is 2.